The average molecular weight is 211 g/mol. The third kappa shape index (κ3) is 2.54. The van der Waals surface area contributed by atoms with E-state index in [1.54, 1.807) is 0 Å². The molecule has 0 aromatic carbocycles. The van der Waals surface area contributed by atoms with E-state index in [1.807, 2.05) is 0 Å². The van der Waals surface area contributed by atoms with Gasteiger partial charge in [0.1, 0.15) is 0 Å². The molecule has 88 valence electrons. The molecular weight excluding hydrogens is 186 g/mol. The van der Waals surface area contributed by atoms with Gasteiger partial charge < -0.3 is 10.1 Å². The fraction of sp³-hybridized carbons (Fsp3) is 1.00. The zero-order chi connectivity index (χ0) is 10.7. The van der Waals surface area contributed by atoms with E-state index in [-0.39, 0.29) is 0 Å². The van der Waals surface area contributed by atoms with Gasteiger partial charge in [-0.1, -0.05) is 19.8 Å². The molecule has 0 spiro atoms. The first-order valence-electron chi connectivity index (χ1n) is 6.61. The van der Waals surface area contributed by atoms with Crippen molar-refractivity contribution in [1.29, 1.82) is 0 Å². The fourth-order valence-corrected chi connectivity index (χ4v) is 3.13. The molecule has 2 aliphatic rings. The molecule has 1 saturated heterocycles. The minimum Gasteiger partial charge on any atom is -0.377 e. The molecule has 1 heterocycles. The van der Waals surface area contributed by atoms with Crippen LogP contribution in [0.3, 0.4) is 0 Å². The van der Waals surface area contributed by atoms with Crippen LogP contribution < -0.4 is 5.32 Å². The maximum atomic E-state index is 5.58. The van der Waals surface area contributed by atoms with Gasteiger partial charge in [-0.25, -0.2) is 0 Å². The summed E-state index contributed by atoms with van der Waals surface area (Å²) in [6.07, 6.45) is 8.68. The van der Waals surface area contributed by atoms with Crippen LogP contribution in [0.2, 0.25) is 0 Å². The van der Waals surface area contributed by atoms with Gasteiger partial charge in [0.15, 0.2) is 0 Å². The molecule has 1 aliphatic heterocycles. The van der Waals surface area contributed by atoms with Crippen LogP contribution in [0.25, 0.3) is 0 Å². The summed E-state index contributed by atoms with van der Waals surface area (Å²) in [5.74, 6) is 0. The van der Waals surface area contributed by atoms with Crippen molar-refractivity contribution in [2.75, 3.05) is 13.2 Å². The fourth-order valence-electron chi connectivity index (χ4n) is 3.13. The second kappa shape index (κ2) is 4.84. The van der Waals surface area contributed by atoms with Crippen molar-refractivity contribution in [2.24, 2.45) is 5.41 Å². The summed E-state index contributed by atoms with van der Waals surface area (Å²) in [7, 11) is 0. The van der Waals surface area contributed by atoms with Crippen LogP contribution in [0, 0.1) is 5.41 Å². The van der Waals surface area contributed by atoms with E-state index in [0.717, 1.165) is 6.61 Å². The van der Waals surface area contributed by atoms with E-state index < -0.39 is 0 Å². The predicted octanol–water partition coefficient (Wildman–Crippen LogP) is 2.72. The molecule has 2 unspecified atom stereocenters. The lowest BCUT2D eigenvalue weighted by molar-refractivity contribution is 0.109. The Hall–Kier alpha value is -0.0800. The lowest BCUT2D eigenvalue weighted by atomic mass is 9.83. The van der Waals surface area contributed by atoms with Crippen LogP contribution in [-0.4, -0.2) is 25.3 Å². The number of nitrogens with one attached hydrogen (secondary N) is 1. The lowest BCUT2D eigenvalue weighted by Gasteiger charge is -2.30. The Kier molecular flexibility index (Phi) is 3.68. The van der Waals surface area contributed by atoms with Crippen molar-refractivity contribution in [2.45, 2.75) is 64.5 Å². The first-order valence-corrected chi connectivity index (χ1v) is 6.61. The highest BCUT2D eigenvalue weighted by Gasteiger charge is 2.33. The Morgan fingerprint density at radius 3 is 2.60 bits per heavy atom. The molecule has 0 radical (unpaired) electrons. The van der Waals surface area contributed by atoms with Crippen molar-refractivity contribution in [3.05, 3.63) is 0 Å². The monoisotopic (exact) mass is 211 g/mol. The first-order chi connectivity index (χ1) is 7.26. The van der Waals surface area contributed by atoms with Gasteiger partial charge in [0.2, 0.25) is 0 Å². The summed E-state index contributed by atoms with van der Waals surface area (Å²) in [6.45, 7) is 6.69. The van der Waals surface area contributed by atoms with Crippen LogP contribution >= 0.6 is 0 Å². The summed E-state index contributed by atoms with van der Waals surface area (Å²) in [5, 5.41) is 3.74. The van der Waals surface area contributed by atoms with Gasteiger partial charge in [0, 0.05) is 19.2 Å². The highest BCUT2D eigenvalue weighted by molar-refractivity contribution is 4.88. The molecule has 0 amide bonds. The Bertz CT molecular complexity index is 199. The number of ether oxygens (including phenoxy) is 1. The van der Waals surface area contributed by atoms with Gasteiger partial charge >= 0.3 is 0 Å². The maximum Gasteiger partial charge on any atom is 0.0700 e. The van der Waals surface area contributed by atoms with Gasteiger partial charge in [-0.05, 0) is 38.0 Å². The van der Waals surface area contributed by atoms with Gasteiger partial charge in [0.05, 0.1) is 6.10 Å². The Labute approximate surface area is 93.8 Å². The Morgan fingerprint density at radius 2 is 2.07 bits per heavy atom. The quantitative estimate of drug-likeness (QED) is 0.772. The molecule has 0 bridgehead atoms. The largest absolute Gasteiger partial charge is 0.377 e. The predicted molar refractivity (Wildman–Crippen MR) is 63.0 cm³/mol. The van der Waals surface area contributed by atoms with Crippen molar-refractivity contribution >= 4 is 0 Å². The highest BCUT2D eigenvalue weighted by atomic mass is 16.5. The topological polar surface area (TPSA) is 21.3 Å². The number of hydrogen-bond acceptors (Lipinski definition) is 2. The van der Waals surface area contributed by atoms with E-state index in [2.05, 4.69) is 19.2 Å². The molecule has 0 aromatic rings. The van der Waals surface area contributed by atoms with Crippen molar-refractivity contribution < 1.29 is 4.74 Å². The summed E-state index contributed by atoms with van der Waals surface area (Å²) in [6, 6.07) is 0.606. The normalized spacial score (nSPS) is 34.8. The minimum atomic E-state index is 0.417. The zero-order valence-electron chi connectivity index (χ0n) is 10.2. The van der Waals surface area contributed by atoms with Crippen LogP contribution in [0.5, 0.6) is 0 Å². The lowest BCUT2D eigenvalue weighted by Crippen LogP contribution is -2.41. The second-order valence-corrected chi connectivity index (χ2v) is 5.41. The van der Waals surface area contributed by atoms with Gasteiger partial charge in [-0.3, -0.25) is 0 Å². The molecule has 2 rings (SSSR count). The van der Waals surface area contributed by atoms with Crippen molar-refractivity contribution in [3.8, 4) is 0 Å². The van der Waals surface area contributed by atoms with Crippen molar-refractivity contribution in [1.82, 2.24) is 5.32 Å². The summed E-state index contributed by atoms with van der Waals surface area (Å²) in [4.78, 5) is 0. The van der Waals surface area contributed by atoms with Crippen LogP contribution in [-0.2, 0) is 4.74 Å². The molecule has 0 aromatic heterocycles. The zero-order valence-corrected chi connectivity index (χ0v) is 10.2. The number of rotatable bonds is 4. The average Bonchev–Trinajstić information content (AvgIpc) is 2.85. The number of hydrogen-bond donors (Lipinski definition) is 1. The third-order valence-electron chi connectivity index (χ3n) is 4.53. The molecule has 2 nitrogen and oxygen atoms in total. The standard InChI is InChI=1S/C13H25NO/c1-3-13(7-4-5-8-13)10-14-12-6-9-15-11(12)2/h11-12,14H,3-10H2,1-2H3. The Balaban J connectivity index is 1.80. The van der Waals surface area contributed by atoms with Crippen molar-refractivity contribution in [3.63, 3.8) is 0 Å². The SMILES string of the molecule is CCC1(CNC2CCOC2C)CCCC1. The van der Waals surface area contributed by atoms with E-state index >= 15 is 0 Å². The Morgan fingerprint density at radius 1 is 1.33 bits per heavy atom. The molecule has 1 N–H and O–H groups in total. The van der Waals surface area contributed by atoms with E-state index in [1.165, 1.54) is 45.1 Å². The van der Waals surface area contributed by atoms with Crippen LogP contribution in [0.4, 0.5) is 0 Å². The van der Waals surface area contributed by atoms with E-state index in [4.69, 9.17) is 4.74 Å². The minimum absolute atomic E-state index is 0.417. The molecule has 2 heteroatoms. The summed E-state index contributed by atoms with van der Waals surface area (Å²) in [5.41, 5.74) is 0.613. The van der Waals surface area contributed by atoms with E-state index in [9.17, 15) is 0 Å². The molecule has 2 atom stereocenters. The van der Waals surface area contributed by atoms with E-state index in [0.29, 0.717) is 17.6 Å². The molecule has 15 heavy (non-hydrogen) atoms. The molecule has 1 saturated carbocycles. The van der Waals surface area contributed by atoms with Gasteiger partial charge in [-0.2, -0.15) is 0 Å². The summed E-state index contributed by atoms with van der Waals surface area (Å²) >= 11 is 0. The summed E-state index contributed by atoms with van der Waals surface area (Å²) < 4.78 is 5.58. The second-order valence-electron chi connectivity index (χ2n) is 5.41. The third-order valence-corrected chi connectivity index (χ3v) is 4.53. The highest BCUT2D eigenvalue weighted by Crippen LogP contribution is 2.40. The molecule has 1 aliphatic carbocycles. The molecular formula is C13H25NO. The smallest absolute Gasteiger partial charge is 0.0700 e. The molecule has 2 fully saturated rings. The van der Waals surface area contributed by atoms with Crippen LogP contribution in [0.1, 0.15) is 52.4 Å². The maximum absolute atomic E-state index is 5.58. The van der Waals surface area contributed by atoms with Gasteiger partial charge in [0.25, 0.3) is 0 Å². The van der Waals surface area contributed by atoms with Gasteiger partial charge in [-0.15, -0.1) is 0 Å². The first kappa shape index (κ1) is 11.4. The van der Waals surface area contributed by atoms with Crippen LogP contribution in [0.15, 0.2) is 0 Å².